The third-order valence-corrected chi connectivity index (χ3v) is 5.65. The molecule has 0 saturated carbocycles. The van der Waals surface area contributed by atoms with Gasteiger partial charge in [0, 0.05) is 44.2 Å². The summed E-state index contributed by atoms with van der Waals surface area (Å²) in [4.78, 5) is 17.7. The number of alkyl halides is 1. The number of ether oxygens (including phenoxy) is 1. The number of thiophene rings is 1. The molecule has 23 heavy (non-hydrogen) atoms. The van der Waals surface area contributed by atoms with Gasteiger partial charge in [0.05, 0.1) is 12.5 Å². The lowest BCUT2D eigenvalue weighted by Crippen LogP contribution is -2.44. The number of nitrogens with zero attached hydrogens (tertiary/aromatic N) is 2. The van der Waals surface area contributed by atoms with Crippen molar-refractivity contribution in [2.45, 2.75) is 38.0 Å². The van der Waals surface area contributed by atoms with Crippen molar-refractivity contribution < 1.29 is 13.9 Å². The van der Waals surface area contributed by atoms with Crippen LogP contribution in [0.25, 0.3) is 0 Å². The average molecular weight is 340 g/mol. The van der Waals surface area contributed by atoms with Crippen molar-refractivity contribution in [3.63, 3.8) is 0 Å². The maximum atomic E-state index is 13.9. The minimum Gasteiger partial charge on any atom is -0.381 e. The third kappa shape index (κ3) is 4.31. The second kappa shape index (κ2) is 7.73. The summed E-state index contributed by atoms with van der Waals surface area (Å²) in [6.07, 6.45) is 1.58. The van der Waals surface area contributed by atoms with Crippen LogP contribution in [0, 0.1) is 5.92 Å². The van der Waals surface area contributed by atoms with Gasteiger partial charge in [-0.25, -0.2) is 4.39 Å². The largest absolute Gasteiger partial charge is 0.381 e. The van der Waals surface area contributed by atoms with Gasteiger partial charge >= 0.3 is 0 Å². The molecule has 2 aliphatic heterocycles. The fraction of sp³-hybridized carbons (Fsp3) is 0.706. The topological polar surface area (TPSA) is 32.8 Å². The third-order valence-electron chi connectivity index (χ3n) is 4.79. The van der Waals surface area contributed by atoms with E-state index in [1.165, 1.54) is 4.88 Å². The maximum Gasteiger partial charge on any atom is 0.227 e. The van der Waals surface area contributed by atoms with Crippen molar-refractivity contribution in [2.75, 3.05) is 33.4 Å². The molecule has 1 aromatic heterocycles. The lowest BCUT2D eigenvalue weighted by Gasteiger charge is -2.31. The Morgan fingerprint density at radius 1 is 1.57 bits per heavy atom. The fourth-order valence-corrected chi connectivity index (χ4v) is 4.29. The first-order chi connectivity index (χ1) is 11.1. The number of rotatable bonds is 5. The first-order valence-corrected chi connectivity index (χ1v) is 9.24. The predicted octanol–water partition coefficient (Wildman–Crippen LogP) is 2.55. The second-order valence-corrected chi connectivity index (χ2v) is 7.66. The Bertz CT molecular complexity index is 505. The highest BCUT2D eigenvalue weighted by Crippen LogP contribution is 2.25. The highest BCUT2D eigenvalue weighted by molar-refractivity contribution is 7.09. The lowest BCUT2D eigenvalue weighted by molar-refractivity contribution is -0.139. The van der Waals surface area contributed by atoms with E-state index in [1.807, 2.05) is 18.5 Å². The number of amides is 1. The quantitative estimate of drug-likeness (QED) is 0.826. The van der Waals surface area contributed by atoms with Crippen LogP contribution in [0.15, 0.2) is 17.5 Å². The van der Waals surface area contributed by atoms with Gasteiger partial charge in [-0.2, -0.15) is 0 Å². The molecular weight excluding hydrogens is 315 g/mol. The van der Waals surface area contributed by atoms with Crippen LogP contribution in [-0.2, 0) is 16.1 Å². The van der Waals surface area contributed by atoms with Gasteiger partial charge in [-0.3, -0.25) is 9.69 Å². The Morgan fingerprint density at radius 2 is 2.43 bits per heavy atom. The monoisotopic (exact) mass is 340 g/mol. The summed E-state index contributed by atoms with van der Waals surface area (Å²) in [6.45, 7) is 3.13. The Hall–Kier alpha value is -0.980. The lowest BCUT2D eigenvalue weighted by atomic mass is 10.0. The molecule has 0 aromatic carbocycles. The van der Waals surface area contributed by atoms with Crippen molar-refractivity contribution in [1.29, 1.82) is 0 Å². The summed E-state index contributed by atoms with van der Waals surface area (Å²) < 4.78 is 19.3. The standard InChI is InChI=1S/C17H25FN2O2S/c1-19(17(21)13-4-2-6-22-12-13)10-15-8-14(18)9-20(15)11-16-5-3-7-23-16/h3,5,7,13-15H,2,4,6,8-12H2,1H3/t13-,14-,15-/m0/s1. The Labute approximate surface area is 141 Å². The molecule has 0 bridgehead atoms. The molecule has 0 unspecified atom stereocenters. The van der Waals surface area contributed by atoms with E-state index in [9.17, 15) is 9.18 Å². The van der Waals surface area contributed by atoms with Gasteiger partial charge in [0.15, 0.2) is 0 Å². The number of likely N-dealkylation sites (N-methyl/N-ethyl adjacent to an activating group) is 1. The van der Waals surface area contributed by atoms with Crippen molar-refractivity contribution in [3.8, 4) is 0 Å². The Kier molecular flexibility index (Phi) is 5.67. The van der Waals surface area contributed by atoms with Crippen LogP contribution in [0.3, 0.4) is 0 Å². The highest BCUT2D eigenvalue weighted by atomic mass is 32.1. The van der Waals surface area contributed by atoms with E-state index in [0.717, 1.165) is 26.0 Å². The van der Waals surface area contributed by atoms with E-state index < -0.39 is 6.17 Å². The van der Waals surface area contributed by atoms with E-state index in [-0.39, 0.29) is 17.9 Å². The summed E-state index contributed by atoms with van der Waals surface area (Å²) >= 11 is 1.70. The van der Waals surface area contributed by atoms with Crippen molar-refractivity contribution in [3.05, 3.63) is 22.4 Å². The molecule has 2 aliphatic rings. The van der Waals surface area contributed by atoms with Gasteiger partial charge < -0.3 is 9.64 Å². The van der Waals surface area contributed by atoms with Gasteiger partial charge in [0.2, 0.25) is 5.91 Å². The highest BCUT2D eigenvalue weighted by Gasteiger charge is 2.34. The minimum atomic E-state index is -0.790. The molecule has 0 radical (unpaired) electrons. The molecule has 4 nitrogen and oxygen atoms in total. The molecule has 2 saturated heterocycles. The molecule has 6 heteroatoms. The Balaban J connectivity index is 1.56. The number of carbonyl (C=O) groups is 1. The van der Waals surface area contributed by atoms with Gasteiger partial charge in [-0.1, -0.05) is 6.07 Å². The molecular formula is C17H25FN2O2S. The molecule has 1 amide bonds. The molecule has 0 spiro atoms. The van der Waals surface area contributed by atoms with Gasteiger partial charge in [-0.05, 0) is 30.7 Å². The van der Waals surface area contributed by atoms with Crippen LogP contribution in [0.4, 0.5) is 4.39 Å². The zero-order chi connectivity index (χ0) is 16.2. The molecule has 1 aromatic rings. The van der Waals surface area contributed by atoms with E-state index in [4.69, 9.17) is 4.74 Å². The number of hydrogen-bond donors (Lipinski definition) is 0. The van der Waals surface area contributed by atoms with Crippen LogP contribution < -0.4 is 0 Å². The summed E-state index contributed by atoms with van der Waals surface area (Å²) in [7, 11) is 1.84. The van der Waals surface area contributed by atoms with Crippen LogP contribution in [-0.4, -0.2) is 61.3 Å². The predicted molar refractivity (Wildman–Crippen MR) is 89.2 cm³/mol. The maximum absolute atomic E-state index is 13.9. The SMILES string of the molecule is CN(C[C@@H]1C[C@H](F)CN1Cc1cccs1)C(=O)[C@H]1CCCOC1. The van der Waals surface area contributed by atoms with Crippen molar-refractivity contribution >= 4 is 17.2 Å². The summed E-state index contributed by atoms with van der Waals surface area (Å²) in [6, 6.07) is 4.21. The van der Waals surface area contributed by atoms with Gasteiger partial charge in [0.25, 0.3) is 0 Å². The molecule has 3 heterocycles. The van der Waals surface area contributed by atoms with E-state index >= 15 is 0 Å². The smallest absolute Gasteiger partial charge is 0.227 e. The van der Waals surface area contributed by atoms with E-state index in [2.05, 4.69) is 11.0 Å². The zero-order valence-corrected chi connectivity index (χ0v) is 14.4. The van der Waals surface area contributed by atoms with Crippen LogP contribution >= 0.6 is 11.3 Å². The van der Waals surface area contributed by atoms with Crippen LogP contribution in [0.1, 0.15) is 24.1 Å². The molecule has 3 rings (SSSR count). The molecule has 2 fully saturated rings. The molecule has 0 N–H and O–H groups in total. The van der Waals surface area contributed by atoms with Crippen LogP contribution in [0.5, 0.6) is 0 Å². The molecule has 128 valence electrons. The van der Waals surface area contributed by atoms with Crippen molar-refractivity contribution in [2.24, 2.45) is 5.92 Å². The first-order valence-electron chi connectivity index (χ1n) is 8.36. The second-order valence-electron chi connectivity index (χ2n) is 6.63. The number of halogens is 1. The van der Waals surface area contributed by atoms with Gasteiger partial charge in [-0.15, -0.1) is 11.3 Å². The van der Waals surface area contributed by atoms with Crippen molar-refractivity contribution in [1.82, 2.24) is 9.80 Å². The number of likely N-dealkylation sites (tertiary alicyclic amines) is 1. The van der Waals surface area contributed by atoms with E-state index in [1.54, 1.807) is 16.2 Å². The number of hydrogen-bond acceptors (Lipinski definition) is 4. The molecule has 0 aliphatic carbocycles. The number of carbonyl (C=O) groups excluding carboxylic acids is 1. The minimum absolute atomic E-state index is 0.0259. The normalized spacial score (nSPS) is 28.9. The molecule has 3 atom stereocenters. The average Bonchev–Trinajstić information content (AvgIpc) is 3.18. The first kappa shape index (κ1) is 16.9. The Morgan fingerprint density at radius 3 is 3.13 bits per heavy atom. The zero-order valence-electron chi connectivity index (χ0n) is 13.6. The fourth-order valence-electron chi connectivity index (χ4n) is 3.56. The van der Waals surface area contributed by atoms with E-state index in [0.29, 0.717) is 26.1 Å². The van der Waals surface area contributed by atoms with Gasteiger partial charge in [0.1, 0.15) is 6.17 Å². The summed E-state index contributed by atoms with van der Waals surface area (Å²) in [5, 5.41) is 2.05. The summed E-state index contributed by atoms with van der Waals surface area (Å²) in [5.41, 5.74) is 0. The summed E-state index contributed by atoms with van der Waals surface area (Å²) in [5.74, 6) is 0.116. The van der Waals surface area contributed by atoms with Crippen LogP contribution in [0.2, 0.25) is 0 Å².